The van der Waals surface area contributed by atoms with Crippen LogP contribution in [0.5, 0.6) is 5.75 Å². The second-order valence-corrected chi connectivity index (χ2v) is 9.69. The van der Waals surface area contributed by atoms with Gasteiger partial charge in [0.15, 0.2) is 0 Å². The fraction of sp³-hybridized carbons (Fsp3) is 0.545. The summed E-state index contributed by atoms with van der Waals surface area (Å²) in [5, 5.41) is 15.2. The highest BCUT2D eigenvalue weighted by Gasteiger charge is 2.51. The first-order chi connectivity index (χ1) is 14.2. The number of hydrogen-bond donors (Lipinski definition) is 1. The normalized spacial score (nSPS) is 24.5. The predicted octanol–water partition coefficient (Wildman–Crippen LogP) is 4.41. The molecule has 1 saturated carbocycles. The van der Waals surface area contributed by atoms with Crippen molar-refractivity contribution in [1.82, 2.24) is 9.97 Å². The van der Waals surface area contributed by atoms with Crippen LogP contribution in [0.15, 0.2) is 30.6 Å². The maximum atomic E-state index is 12.0. The van der Waals surface area contributed by atoms with Crippen LogP contribution in [0.25, 0.3) is 0 Å². The van der Waals surface area contributed by atoms with E-state index in [-0.39, 0.29) is 33.3 Å². The van der Waals surface area contributed by atoms with Crippen LogP contribution in [0.4, 0.5) is 17.3 Å². The number of hydrogen-bond acceptors (Lipinski definition) is 7. The summed E-state index contributed by atoms with van der Waals surface area (Å²) in [4.78, 5) is 22.4. The van der Waals surface area contributed by atoms with Crippen LogP contribution >= 0.6 is 0 Å². The average molecular weight is 412 g/mol. The van der Waals surface area contributed by atoms with Crippen molar-refractivity contribution in [2.75, 3.05) is 23.9 Å². The van der Waals surface area contributed by atoms with Gasteiger partial charge >= 0.3 is 5.69 Å². The second-order valence-electron chi connectivity index (χ2n) is 9.69. The Morgan fingerprint density at radius 1 is 1.23 bits per heavy atom. The maximum Gasteiger partial charge on any atom is 0.353 e. The lowest BCUT2D eigenvalue weighted by atomic mass is 9.65. The summed E-state index contributed by atoms with van der Waals surface area (Å²) in [7, 11) is 1.62. The minimum absolute atomic E-state index is 0.0417. The molecule has 4 rings (SSSR count). The Hall–Kier alpha value is -2.90. The number of methoxy groups -OCH3 is 1. The fourth-order valence-corrected chi connectivity index (χ4v) is 5.51. The Balaban J connectivity index is 1.61. The summed E-state index contributed by atoms with van der Waals surface area (Å²) in [6.45, 7) is 8.08. The van der Waals surface area contributed by atoms with Gasteiger partial charge < -0.3 is 15.0 Å². The second kappa shape index (κ2) is 7.41. The molecule has 2 aliphatic rings. The van der Waals surface area contributed by atoms with Crippen LogP contribution in [0.1, 0.15) is 45.6 Å². The molecule has 8 heteroatoms. The Morgan fingerprint density at radius 2 is 1.97 bits per heavy atom. The lowest BCUT2D eigenvalue weighted by Gasteiger charge is -2.39. The fourth-order valence-electron chi connectivity index (χ4n) is 5.51. The van der Waals surface area contributed by atoms with E-state index >= 15 is 0 Å². The maximum absolute atomic E-state index is 12.0. The van der Waals surface area contributed by atoms with Gasteiger partial charge in [0, 0.05) is 19.1 Å². The van der Waals surface area contributed by atoms with Crippen molar-refractivity contribution in [3.8, 4) is 5.75 Å². The van der Waals surface area contributed by atoms with E-state index in [1.165, 1.54) is 6.33 Å². The Morgan fingerprint density at radius 3 is 2.63 bits per heavy atom. The van der Waals surface area contributed by atoms with Crippen molar-refractivity contribution < 1.29 is 9.66 Å². The van der Waals surface area contributed by atoms with E-state index < -0.39 is 0 Å². The number of nitrogens with one attached hydrogen (secondary N) is 1. The van der Waals surface area contributed by atoms with Crippen molar-refractivity contribution in [3.05, 3.63) is 46.3 Å². The molecule has 1 N–H and O–H groups in total. The molecule has 2 heterocycles. The van der Waals surface area contributed by atoms with Crippen molar-refractivity contribution in [1.29, 1.82) is 0 Å². The van der Waals surface area contributed by atoms with E-state index in [2.05, 4.69) is 41.0 Å². The highest BCUT2D eigenvalue weighted by molar-refractivity contribution is 5.71. The van der Waals surface area contributed by atoms with Crippen LogP contribution in [-0.4, -0.2) is 34.6 Å². The van der Waals surface area contributed by atoms with Gasteiger partial charge in [-0.2, -0.15) is 0 Å². The highest BCUT2D eigenvalue weighted by atomic mass is 16.6. The summed E-state index contributed by atoms with van der Waals surface area (Å²) in [6.07, 6.45) is 4.60. The van der Waals surface area contributed by atoms with E-state index in [1.54, 1.807) is 7.11 Å². The van der Waals surface area contributed by atoms with Gasteiger partial charge in [0.1, 0.15) is 12.1 Å². The summed E-state index contributed by atoms with van der Waals surface area (Å²) >= 11 is 0. The topological polar surface area (TPSA) is 93.4 Å². The first-order valence-corrected chi connectivity index (χ1v) is 10.3. The quantitative estimate of drug-likeness (QED) is 0.556. The molecule has 0 radical (unpaired) electrons. The molecule has 30 heavy (non-hydrogen) atoms. The predicted molar refractivity (Wildman–Crippen MR) is 116 cm³/mol. The van der Waals surface area contributed by atoms with Crippen LogP contribution in [0, 0.1) is 20.9 Å². The molecule has 1 aliphatic carbocycles. The number of fused-ring (bicyclic) bond motifs is 2. The standard InChI is InChI=1S/C22H29N5O3/c1-21(2)9-16-10-22(3,12-21)13-26(16)20-18(27(28)29)19(24-14-25-20)23-11-15-5-7-17(30-4)8-6-15/h5-8,14,16H,9-13H2,1-4H3,(H,23,24,25). The molecule has 2 aromatic rings. The van der Waals surface area contributed by atoms with Gasteiger partial charge in [-0.3, -0.25) is 10.1 Å². The molecule has 2 atom stereocenters. The van der Waals surface area contributed by atoms with Gasteiger partial charge in [0.05, 0.1) is 12.0 Å². The van der Waals surface area contributed by atoms with Crippen molar-refractivity contribution in [2.45, 2.75) is 52.6 Å². The number of nitro groups is 1. The van der Waals surface area contributed by atoms with Crippen LogP contribution in [0.2, 0.25) is 0 Å². The van der Waals surface area contributed by atoms with E-state index in [9.17, 15) is 10.1 Å². The Labute approximate surface area is 176 Å². The third-order valence-electron chi connectivity index (χ3n) is 6.29. The molecule has 160 valence electrons. The number of benzene rings is 1. The van der Waals surface area contributed by atoms with Gasteiger partial charge in [-0.05, 0) is 47.8 Å². The van der Waals surface area contributed by atoms with Gasteiger partial charge in [-0.1, -0.05) is 32.9 Å². The Bertz CT molecular complexity index is 946. The summed E-state index contributed by atoms with van der Waals surface area (Å²) in [5.41, 5.74) is 1.32. The molecule has 2 unspecified atom stereocenters. The largest absolute Gasteiger partial charge is 0.497 e. The number of rotatable bonds is 6. The lowest BCUT2D eigenvalue weighted by molar-refractivity contribution is -0.383. The third kappa shape index (κ3) is 3.91. The zero-order valence-corrected chi connectivity index (χ0v) is 18.0. The number of nitrogens with zero attached hydrogens (tertiary/aromatic N) is 4. The number of ether oxygens (including phenoxy) is 1. The van der Waals surface area contributed by atoms with Crippen LogP contribution in [0.3, 0.4) is 0 Å². The zero-order valence-electron chi connectivity index (χ0n) is 18.0. The highest BCUT2D eigenvalue weighted by Crippen LogP contribution is 2.54. The van der Waals surface area contributed by atoms with Crippen molar-refractivity contribution in [2.24, 2.45) is 10.8 Å². The van der Waals surface area contributed by atoms with E-state index in [4.69, 9.17) is 4.74 Å². The van der Waals surface area contributed by atoms with Crippen molar-refractivity contribution >= 4 is 17.3 Å². The van der Waals surface area contributed by atoms with Gasteiger partial charge in [-0.25, -0.2) is 9.97 Å². The van der Waals surface area contributed by atoms with Crippen molar-refractivity contribution in [3.63, 3.8) is 0 Å². The van der Waals surface area contributed by atoms with Gasteiger partial charge in [0.25, 0.3) is 0 Å². The first-order valence-electron chi connectivity index (χ1n) is 10.3. The lowest BCUT2D eigenvalue weighted by Crippen LogP contribution is -2.35. The molecule has 2 fully saturated rings. The molecule has 8 nitrogen and oxygen atoms in total. The third-order valence-corrected chi connectivity index (χ3v) is 6.29. The summed E-state index contributed by atoms with van der Waals surface area (Å²) in [5.74, 6) is 1.45. The minimum Gasteiger partial charge on any atom is -0.497 e. The molecule has 1 saturated heterocycles. The molecular weight excluding hydrogens is 382 g/mol. The van der Waals surface area contributed by atoms with Gasteiger partial charge in [-0.15, -0.1) is 0 Å². The minimum atomic E-state index is -0.360. The number of anilines is 2. The van der Waals surface area contributed by atoms with Gasteiger partial charge in [0.2, 0.25) is 11.6 Å². The smallest absolute Gasteiger partial charge is 0.353 e. The molecule has 1 aromatic carbocycles. The first kappa shape index (κ1) is 20.4. The molecule has 2 bridgehead atoms. The van der Waals surface area contributed by atoms with Crippen LogP contribution in [-0.2, 0) is 6.54 Å². The number of aromatic nitrogens is 2. The van der Waals surface area contributed by atoms with E-state index in [1.807, 2.05) is 24.3 Å². The molecule has 1 aromatic heterocycles. The van der Waals surface area contributed by atoms with Crippen LogP contribution < -0.4 is 15.0 Å². The monoisotopic (exact) mass is 411 g/mol. The molecule has 0 spiro atoms. The molecular formula is C22H29N5O3. The van der Waals surface area contributed by atoms with E-state index in [0.717, 1.165) is 37.1 Å². The summed E-state index contributed by atoms with van der Waals surface area (Å²) in [6, 6.07) is 7.84. The average Bonchev–Trinajstić information content (AvgIpc) is 2.94. The SMILES string of the molecule is COc1ccc(CNc2ncnc(N3CC4(C)CC3CC(C)(C)C4)c2[N+](=O)[O-])cc1. The zero-order chi connectivity index (χ0) is 21.5. The molecule has 1 aliphatic heterocycles. The molecule has 0 amide bonds. The van der Waals surface area contributed by atoms with E-state index in [0.29, 0.717) is 12.4 Å². The Kier molecular flexibility index (Phi) is 5.03. The summed E-state index contributed by atoms with van der Waals surface area (Å²) < 4.78 is 5.18.